The van der Waals surface area contributed by atoms with Gasteiger partial charge in [0.2, 0.25) is 0 Å². The first-order chi connectivity index (χ1) is 64.8. The van der Waals surface area contributed by atoms with Gasteiger partial charge < -0.3 is 77.6 Å². The summed E-state index contributed by atoms with van der Waals surface area (Å²) in [6.45, 7) is 22.5. The van der Waals surface area contributed by atoms with Crippen molar-refractivity contribution in [1.82, 2.24) is 49.0 Å². The number of aliphatic hydroxyl groups excluding tert-OH is 1. The first-order valence-corrected chi connectivity index (χ1v) is 50.5. The van der Waals surface area contributed by atoms with E-state index in [1.165, 1.54) is 27.8 Å². The first kappa shape index (κ1) is 98.9. The molecular weight excluding hydrogens is 1800 g/mol. The third-order valence-electron chi connectivity index (χ3n) is 29.5. The summed E-state index contributed by atoms with van der Waals surface area (Å²) in [5.41, 5.74) is 34.7. The van der Waals surface area contributed by atoms with E-state index in [9.17, 15) is 10.2 Å². The number of likely N-dealkylation sites (tertiary alicyclic amines) is 8. The number of ether oxygens (including phenoxy) is 3. The second-order valence-electron chi connectivity index (χ2n) is 39.4. The fourth-order valence-corrected chi connectivity index (χ4v) is 23.1. The molecule has 6 unspecified atom stereocenters. The maximum absolute atomic E-state index is 10.7. The van der Waals surface area contributed by atoms with Crippen molar-refractivity contribution in [3.05, 3.63) is 174 Å². The van der Waals surface area contributed by atoms with Gasteiger partial charge in [0.15, 0.2) is 0 Å². The highest BCUT2D eigenvalue weighted by Gasteiger charge is 2.46. The Morgan fingerprint density at radius 1 is 0.343 bits per heavy atom. The van der Waals surface area contributed by atoms with Crippen LogP contribution < -0.4 is 28.7 Å². The van der Waals surface area contributed by atoms with Gasteiger partial charge in [-0.25, -0.2) is 0 Å². The van der Waals surface area contributed by atoms with Crippen LogP contribution in [0.5, 0.6) is 0 Å². The molecule has 10 saturated heterocycles. The van der Waals surface area contributed by atoms with E-state index in [-0.39, 0.29) is 18.3 Å². The number of amidine groups is 10. The lowest BCUT2D eigenvalue weighted by atomic mass is 9.96. The molecule has 0 bridgehead atoms. The van der Waals surface area contributed by atoms with Crippen LogP contribution in [0.1, 0.15) is 164 Å². The molecule has 15 aliphatic rings. The fraction of sp³-hybridized carbons (Fsp3) is 0.596. The number of nitrogens with two attached hydrogens (primary N) is 5. The Morgan fingerprint density at radius 2 is 0.590 bits per heavy atom. The van der Waals surface area contributed by atoms with Crippen molar-refractivity contribution >= 4 is 116 Å². The van der Waals surface area contributed by atoms with E-state index < -0.39 is 5.60 Å². The average Bonchev–Trinajstić information content (AvgIpc) is 1.60. The third-order valence-corrected chi connectivity index (χ3v) is 30.7. The summed E-state index contributed by atoms with van der Waals surface area (Å²) in [4.78, 5) is 24.8. The van der Waals surface area contributed by atoms with Crippen LogP contribution in [0.15, 0.2) is 172 Å². The normalized spacial score (nSPS) is 28.0. The minimum absolute atomic E-state index is 0.224. The van der Waals surface area contributed by atoms with E-state index in [2.05, 4.69) is 175 Å². The van der Waals surface area contributed by atoms with Crippen molar-refractivity contribution in [1.29, 1.82) is 0 Å². The molecule has 5 aromatic rings. The first-order valence-electron chi connectivity index (χ1n) is 48.6. The standard InChI is InChI=1S/4C20H28ClN5O.C19H26ClN5O/c1-20(27)12-17(10-14-2-4-15(21)5-3-14)26(13-20)16-6-8-25(9-7-16)19-11-18(22)23-24-19;1-27-18-11-17(10-14-2-4-15(21)5-3-14)26(13-18)16-6-8-25(9-7-16)20-12-19(22)23-24-20;2*1-14-12-26(18(13-27-14)10-15-2-4-16(21)5-3-15)17-6-8-25(9-7-17)20-11-19(22)23-24-20;20-14-3-1-13(2-4-14)9-16-10-17(26)12-25(16)15-5-7-24(8-6-15)19-11-18(21)22-23-19/h2-5,16-17,27H,6-13H2,1H3,(H2,22,23);2-5,16-18H,6-13H2,1H3,(H2,22,23);2*2-5,14,17-18H,6-13H2,1H3,(H2,22,23);1-4,15-17,26H,5-12H2,(H2,21,22)/t;17?,18-;2*14-,18?;16?,17-/m.0110/s1. The minimum Gasteiger partial charge on any atom is -0.392 e. The van der Waals surface area contributed by atoms with Crippen LogP contribution in [0.2, 0.25) is 25.1 Å². The Morgan fingerprint density at radius 3 is 0.858 bits per heavy atom. The average molecular weight is 1940 g/mol. The van der Waals surface area contributed by atoms with Gasteiger partial charge in [-0.3, -0.25) is 24.5 Å². The van der Waals surface area contributed by atoms with Crippen molar-refractivity contribution in [2.75, 3.05) is 118 Å². The summed E-state index contributed by atoms with van der Waals surface area (Å²) in [7, 11) is 1.83. The molecule has 0 radical (unpaired) electrons. The van der Waals surface area contributed by atoms with Crippen molar-refractivity contribution in [3.8, 4) is 0 Å². The van der Waals surface area contributed by atoms with Crippen LogP contribution in [-0.4, -0.2) is 326 Å². The van der Waals surface area contributed by atoms with Crippen molar-refractivity contribution in [2.24, 2.45) is 79.7 Å². The lowest BCUT2D eigenvalue weighted by molar-refractivity contribution is -0.0777. The number of nitrogens with zero attached hydrogens (tertiary/aromatic N) is 20. The molecule has 35 heteroatoms. The quantitative estimate of drug-likeness (QED) is 0.0482. The third kappa shape index (κ3) is 27.1. The van der Waals surface area contributed by atoms with Gasteiger partial charge in [-0.2, -0.15) is 0 Å². The summed E-state index contributed by atoms with van der Waals surface area (Å²) in [6, 6.07) is 45.7. The molecule has 15 heterocycles. The van der Waals surface area contributed by atoms with Gasteiger partial charge in [0, 0.05) is 191 Å². The minimum atomic E-state index is -0.619. The summed E-state index contributed by atoms with van der Waals surface area (Å²) in [5.74, 6) is 8.15. The molecule has 0 spiro atoms. The van der Waals surface area contributed by atoms with E-state index in [1.807, 2.05) is 74.7 Å². The number of β-amino-alcohol motifs (C(OH)–C–C–N with tert-alkyl or cyclic N) is 2. The lowest BCUT2D eigenvalue weighted by Crippen LogP contribution is -2.57. The number of methoxy groups -OCH3 is 1. The fourth-order valence-electron chi connectivity index (χ4n) is 22.5. The number of hydrogen-bond acceptors (Lipinski definition) is 30. The number of aliphatic hydroxyl groups is 2. The molecule has 0 amide bonds. The van der Waals surface area contributed by atoms with Gasteiger partial charge in [-0.15, -0.1) is 51.0 Å². The predicted molar refractivity (Wildman–Crippen MR) is 542 cm³/mol. The predicted octanol–water partition coefficient (Wildman–Crippen LogP) is 11.6. The van der Waals surface area contributed by atoms with E-state index in [1.54, 1.807) is 0 Å². The lowest BCUT2D eigenvalue weighted by Gasteiger charge is -2.46. The van der Waals surface area contributed by atoms with Crippen LogP contribution in [0.3, 0.4) is 0 Å². The number of hydrogen-bond donors (Lipinski definition) is 7. The SMILES string of the molecule is CC1(O)CC(Cc2ccc(Cl)cc2)N(C2CCN(C3=NN=C(N)C3)CC2)C1.CO[C@H]1CC(Cc2ccc(Cl)cc2)N(C2CCN(C3=NN=C(N)C3)CC2)C1.C[C@@H]1CN(C2CCN(C3=NN=C(N)C3)CC2)C(Cc2ccc(Cl)cc2)CO1.C[C@@H]1CN(C2CCN(C3=NN=C(N)C3)CC2)C(Cc2ccc(Cl)cc2)CO1.NC1=NN=C(N2CCC(N3C[C@@H](O)CC3Cc3ccc(Cl)cc3)CC2)C1. The van der Waals surface area contributed by atoms with Crippen LogP contribution >= 0.6 is 58.0 Å². The number of rotatable bonds is 16. The topological polar surface area (TPSA) is 354 Å². The van der Waals surface area contributed by atoms with Crippen molar-refractivity contribution in [3.63, 3.8) is 0 Å². The smallest absolute Gasteiger partial charge is 0.135 e. The Bertz CT molecular complexity index is 4750. The Labute approximate surface area is 815 Å². The van der Waals surface area contributed by atoms with E-state index in [4.69, 9.17) is 101 Å². The highest BCUT2D eigenvalue weighted by molar-refractivity contribution is 6.31. The molecule has 5 aromatic carbocycles. The van der Waals surface area contributed by atoms with Gasteiger partial charge in [0.05, 0.1) is 75.3 Å². The van der Waals surface area contributed by atoms with Gasteiger partial charge in [-0.1, -0.05) is 119 Å². The molecule has 12 N–H and O–H groups in total. The number of piperidine rings is 5. The number of morpholine rings is 2. The van der Waals surface area contributed by atoms with Gasteiger partial charge in [0.1, 0.15) is 58.4 Å². The van der Waals surface area contributed by atoms with Crippen molar-refractivity contribution in [2.45, 2.75) is 259 Å². The number of halogens is 5. The highest BCUT2D eigenvalue weighted by Crippen LogP contribution is 2.38. The van der Waals surface area contributed by atoms with Crippen LogP contribution in [0, 0.1) is 0 Å². The molecule has 20 rings (SSSR count). The van der Waals surface area contributed by atoms with E-state index in [0.29, 0.717) is 128 Å². The number of benzene rings is 5. The van der Waals surface area contributed by atoms with Gasteiger partial charge >= 0.3 is 0 Å². The Hall–Kier alpha value is -8.15. The zero-order chi connectivity index (χ0) is 93.5. The van der Waals surface area contributed by atoms with Crippen LogP contribution in [0.25, 0.3) is 0 Å². The maximum Gasteiger partial charge on any atom is 0.135 e. The van der Waals surface area contributed by atoms with Crippen LogP contribution in [0.4, 0.5) is 0 Å². The Kier molecular flexibility index (Phi) is 34.3. The molecule has 0 saturated carbocycles. The zero-order valence-electron chi connectivity index (χ0n) is 78.3. The molecule has 724 valence electrons. The molecule has 0 aromatic heterocycles. The molecule has 30 nitrogen and oxygen atoms in total. The van der Waals surface area contributed by atoms with Gasteiger partial charge in [-0.05, 0) is 225 Å². The summed E-state index contributed by atoms with van der Waals surface area (Å²) >= 11 is 30.1. The molecule has 134 heavy (non-hydrogen) atoms. The largest absolute Gasteiger partial charge is 0.392 e. The second kappa shape index (κ2) is 46.5. The van der Waals surface area contributed by atoms with Crippen LogP contribution in [-0.2, 0) is 46.3 Å². The Balaban J connectivity index is 0.000000122. The van der Waals surface area contributed by atoms with E-state index >= 15 is 0 Å². The maximum atomic E-state index is 10.7. The zero-order valence-corrected chi connectivity index (χ0v) is 82.0. The molecule has 10 fully saturated rings. The molecule has 15 aliphatic heterocycles. The molecular formula is C99H138Cl5N25O5. The second-order valence-corrected chi connectivity index (χ2v) is 41.5. The van der Waals surface area contributed by atoms with Crippen molar-refractivity contribution < 1.29 is 24.4 Å². The highest BCUT2D eigenvalue weighted by atomic mass is 35.5. The summed E-state index contributed by atoms with van der Waals surface area (Å²) in [6.07, 6.45) is 23.0. The summed E-state index contributed by atoms with van der Waals surface area (Å²) < 4.78 is 17.7. The monoisotopic (exact) mass is 1930 g/mol. The van der Waals surface area contributed by atoms with Gasteiger partial charge in [0.25, 0.3) is 0 Å². The molecule has 0 aliphatic carbocycles. The summed E-state index contributed by atoms with van der Waals surface area (Å²) in [5, 5.41) is 65.8. The molecule has 10 atom stereocenters. The van der Waals surface area contributed by atoms with E-state index in [0.717, 1.165) is 281 Å².